The highest BCUT2D eigenvalue weighted by Crippen LogP contribution is 2.38. The van der Waals surface area contributed by atoms with Crippen molar-refractivity contribution in [2.45, 2.75) is 25.2 Å². The molecule has 1 unspecified atom stereocenters. The van der Waals surface area contributed by atoms with Crippen molar-refractivity contribution in [2.24, 2.45) is 0 Å². The van der Waals surface area contributed by atoms with Crippen LogP contribution in [0.2, 0.25) is 0 Å². The molecule has 0 saturated heterocycles. The van der Waals surface area contributed by atoms with Crippen LogP contribution in [0.5, 0.6) is 0 Å². The van der Waals surface area contributed by atoms with Gasteiger partial charge in [-0.15, -0.1) is 0 Å². The summed E-state index contributed by atoms with van der Waals surface area (Å²) in [6, 6.07) is 9.96. The lowest BCUT2D eigenvalue weighted by molar-refractivity contribution is 0.652. The molecule has 2 rings (SSSR count). The summed E-state index contributed by atoms with van der Waals surface area (Å²) < 4.78 is 0. The van der Waals surface area contributed by atoms with Gasteiger partial charge in [-0.05, 0) is 37.0 Å². The summed E-state index contributed by atoms with van der Waals surface area (Å²) in [5.74, 6) is 0.397. The summed E-state index contributed by atoms with van der Waals surface area (Å²) in [4.78, 5) is 0. The number of hydrogen-bond donors (Lipinski definition) is 0. The number of rotatable bonds is 1. The average Bonchev–Trinajstić information content (AvgIpc) is 2.32. The van der Waals surface area contributed by atoms with Gasteiger partial charge >= 0.3 is 0 Å². The highest BCUT2D eigenvalue weighted by atomic mass is 14.3. The van der Waals surface area contributed by atoms with E-state index < -0.39 is 0 Å². The van der Waals surface area contributed by atoms with Gasteiger partial charge in [0.2, 0.25) is 0 Å². The molecule has 1 aromatic carbocycles. The lowest BCUT2D eigenvalue weighted by atomic mass is 9.78. The van der Waals surface area contributed by atoms with Crippen molar-refractivity contribution in [1.29, 1.82) is 5.26 Å². The van der Waals surface area contributed by atoms with Crippen LogP contribution in [-0.2, 0) is 0 Å². The van der Waals surface area contributed by atoms with Crippen molar-refractivity contribution in [3.05, 3.63) is 59.7 Å². The average molecular weight is 209 g/mol. The summed E-state index contributed by atoms with van der Waals surface area (Å²) in [6.45, 7) is 8.21. The third-order valence-corrected chi connectivity index (χ3v) is 3.23. The van der Waals surface area contributed by atoms with Gasteiger partial charge in [-0.1, -0.05) is 36.4 Å². The quantitative estimate of drug-likeness (QED) is 0.643. The molecule has 16 heavy (non-hydrogen) atoms. The molecule has 0 amide bonds. The van der Waals surface area contributed by atoms with Crippen molar-refractivity contribution in [3.63, 3.8) is 0 Å². The van der Waals surface area contributed by atoms with Crippen molar-refractivity contribution in [2.75, 3.05) is 0 Å². The van der Waals surface area contributed by atoms with Crippen molar-refractivity contribution < 1.29 is 0 Å². The van der Waals surface area contributed by atoms with E-state index in [2.05, 4.69) is 19.2 Å². The summed E-state index contributed by atoms with van der Waals surface area (Å²) in [7, 11) is 0. The normalized spacial score (nSPS) is 20.6. The second-order valence-corrected chi connectivity index (χ2v) is 4.40. The molecule has 0 radical (unpaired) electrons. The maximum Gasteiger partial charge on any atom is 0.0991 e. The molecular formula is C15H15N. The molecule has 0 N–H and O–H groups in total. The molecule has 1 saturated carbocycles. The van der Waals surface area contributed by atoms with Crippen LogP contribution in [0.3, 0.4) is 0 Å². The van der Waals surface area contributed by atoms with Crippen LogP contribution in [0.25, 0.3) is 0 Å². The summed E-state index contributed by atoms with van der Waals surface area (Å²) in [5.41, 5.74) is 4.56. The van der Waals surface area contributed by atoms with E-state index in [1.54, 1.807) is 0 Å². The Kier molecular flexibility index (Phi) is 2.92. The van der Waals surface area contributed by atoms with Gasteiger partial charge in [0.15, 0.2) is 0 Å². The fourth-order valence-electron chi connectivity index (χ4n) is 2.19. The first-order valence-electron chi connectivity index (χ1n) is 5.55. The Morgan fingerprint density at radius 1 is 1.12 bits per heavy atom. The lowest BCUT2D eigenvalue weighted by Crippen LogP contribution is -2.09. The molecule has 1 atom stereocenters. The third-order valence-electron chi connectivity index (χ3n) is 3.23. The molecule has 1 fully saturated rings. The van der Waals surface area contributed by atoms with Crippen molar-refractivity contribution in [1.82, 2.24) is 0 Å². The first-order chi connectivity index (χ1) is 7.70. The topological polar surface area (TPSA) is 23.8 Å². The van der Waals surface area contributed by atoms with Gasteiger partial charge in [0.05, 0.1) is 11.6 Å². The van der Waals surface area contributed by atoms with E-state index in [-0.39, 0.29) is 0 Å². The second-order valence-electron chi connectivity index (χ2n) is 4.40. The van der Waals surface area contributed by atoms with E-state index in [0.29, 0.717) is 11.5 Å². The maximum absolute atomic E-state index is 8.75. The zero-order valence-electron chi connectivity index (χ0n) is 9.37. The van der Waals surface area contributed by atoms with Crippen molar-refractivity contribution >= 4 is 0 Å². The molecule has 1 heteroatoms. The molecule has 1 aliphatic carbocycles. The Bertz CT molecular complexity index is 459. The predicted octanol–water partition coefficient (Wildman–Crippen LogP) is 3.94. The van der Waals surface area contributed by atoms with Crippen LogP contribution in [0, 0.1) is 11.3 Å². The first-order valence-corrected chi connectivity index (χ1v) is 5.55. The number of nitrogens with zero attached hydrogens (tertiary/aromatic N) is 1. The highest BCUT2D eigenvalue weighted by Gasteiger charge is 2.20. The van der Waals surface area contributed by atoms with Crippen LogP contribution in [0.4, 0.5) is 0 Å². The standard InChI is InChI=1S/C15H15N/c1-11-3-4-12(2)15(9-11)14-7-5-13(10-16)6-8-14/h5-8,15H,1-4,9H2. The van der Waals surface area contributed by atoms with Gasteiger partial charge < -0.3 is 0 Å². The van der Waals surface area contributed by atoms with Gasteiger partial charge in [0.1, 0.15) is 0 Å². The molecule has 0 heterocycles. The summed E-state index contributed by atoms with van der Waals surface area (Å²) in [6.07, 6.45) is 3.12. The number of nitriles is 1. The van der Waals surface area contributed by atoms with Gasteiger partial charge in [0, 0.05) is 5.92 Å². The Morgan fingerprint density at radius 2 is 1.81 bits per heavy atom. The number of benzene rings is 1. The number of hydrogen-bond acceptors (Lipinski definition) is 1. The van der Waals surface area contributed by atoms with Crippen LogP contribution in [0.15, 0.2) is 48.6 Å². The van der Waals surface area contributed by atoms with Crippen LogP contribution >= 0.6 is 0 Å². The van der Waals surface area contributed by atoms with Gasteiger partial charge in [-0.25, -0.2) is 0 Å². The third kappa shape index (κ3) is 2.06. The van der Waals surface area contributed by atoms with Crippen LogP contribution in [0.1, 0.15) is 36.3 Å². The van der Waals surface area contributed by atoms with E-state index in [0.717, 1.165) is 19.3 Å². The maximum atomic E-state index is 8.75. The minimum absolute atomic E-state index is 0.397. The first kappa shape index (κ1) is 10.7. The molecule has 0 spiro atoms. The minimum atomic E-state index is 0.397. The highest BCUT2D eigenvalue weighted by molar-refractivity contribution is 5.37. The van der Waals surface area contributed by atoms with E-state index in [1.807, 2.05) is 24.3 Å². The molecule has 0 aliphatic heterocycles. The van der Waals surface area contributed by atoms with Crippen LogP contribution in [-0.4, -0.2) is 0 Å². The van der Waals surface area contributed by atoms with E-state index in [1.165, 1.54) is 16.7 Å². The van der Waals surface area contributed by atoms with Crippen molar-refractivity contribution in [3.8, 4) is 6.07 Å². The van der Waals surface area contributed by atoms with Crippen LogP contribution < -0.4 is 0 Å². The van der Waals surface area contributed by atoms with Gasteiger partial charge in [-0.3, -0.25) is 0 Å². The molecule has 1 nitrogen and oxygen atoms in total. The second kappa shape index (κ2) is 4.37. The monoisotopic (exact) mass is 209 g/mol. The zero-order chi connectivity index (χ0) is 11.5. The fourth-order valence-corrected chi connectivity index (χ4v) is 2.19. The van der Waals surface area contributed by atoms with E-state index >= 15 is 0 Å². The molecule has 80 valence electrons. The minimum Gasteiger partial charge on any atom is -0.192 e. The lowest BCUT2D eigenvalue weighted by Gasteiger charge is -2.26. The Balaban J connectivity index is 2.25. The smallest absolute Gasteiger partial charge is 0.0991 e. The van der Waals surface area contributed by atoms with Gasteiger partial charge in [-0.2, -0.15) is 5.26 Å². The Morgan fingerprint density at radius 3 is 2.44 bits per heavy atom. The summed E-state index contributed by atoms with van der Waals surface area (Å²) in [5, 5.41) is 8.75. The van der Waals surface area contributed by atoms with Gasteiger partial charge in [0.25, 0.3) is 0 Å². The zero-order valence-corrected chi connectivity index (χ0v) is 9.37. The Hall–Kier alpha value is -1.81. The molecule has 1 aromatic rings. The predicted molar refractivity (Wildman–Crippen MR) is 66.0 cm³/mol. The van der Waals surface area contributed by atoms with E-state index in [9.17, 15) is 0 Å². The largest absolute Gasteiger partial charge is 0.192 e. The molecule has 0 bridgehead atoms. The fraction of sp³-hybridized carbons (Fsp3) is 0.267. The number of allylic oxidation sites excluding steroid dienone is 2. The molecule has 1 aliphatic rings. The Labute approximate surface area is 96.7 Å². The molecule has 0 aromatic heterocycles. The SMILES string of the molecule is C=C1CCC(=C)C(c2ccc(C#N)cc2)C1. The summed E-state index contributed by atoms with van der Waals surface area (Å²) >= 11 is 0. The molecular weight excluding hydrogens is 194 g/mol. The van der Waals surface area contributed by atoms with E-state index in [4.69, 9.17) is 5.26 Å².